The summed E-state index contributed by atoms with van der Waals surface area (Å²) in [5, 5.41) is 10.0. The van der Waals surface area contributed by atoms with E-state index in [9.17, 15) is 5.11 Å². The number of ether oxygens (including phenoxy) is 1. The fourth-order valence-corrected chi connectivity index (χ4v) is 4.28. The van der Waals surface area contributed by atoms with E-state index in [0.29, 0.717) is 12.7 Å². The predicted molar refractivity (Wildman–Crippen MR) is 67.8 cm³/mol. The van der Waals surface area contributed by atoms with E-state index in [1.807, 2.05) is 0 Å². The molecule has 2 nitrogen and oxygen atoms in total. The van der Waals surface area contributed by atoms with Gasteiger partial charge in [0.1, 0.15) is 0 Å². The number of aliphatic hydroxyl groups is 1. The minimum Gasteiger partial charge on any atom is -0.396 e. The first-order valence-corrected chi connectivity index (χ1v) is 7.59. The zero-order valence-electron chi connectivity index (χ0n) is 10.9. The summed E-state index contributed by atoms with van der Waals surface area (Å²) < 4.78 is 6.02. The maximum atomic E-state index is 10.0. The van der Waals surface area contributed by atoms with Crippen LogP contribution in [-0.2, 0) is 4.74 Å². The Balaban J connectivity index is 1.78. The van der Waals surface area contributed by atoms with Crippen LogP contribution in [0.4, 0.5) is 0 Å². The minimum absolute atomic E-state index is 0.130. The molecule has 2 aliphatic carbocycles. The van der Waals surface area contributed by atoms with Crippen molar-refractivity contribution in [2.24, 2.45) is 17.3 Å². The summed E-state index contributed by atoms with van der Waals surface area (Å²) in [5.41, 5.74) is 0.130. The average Bonchev–Trinajstić information content (AvgIpc) is 3.15. The highest BCUT2D eigenvalue weighted by Gasteiger charge is 2.54. The van der Waals surface area contributed by atoms with Gasteiger partial charge in [0.25, 0.3) is 0 Å². The average molecular weight is 238 g/mol. The summed E-state index contributed by atoms with van der Waals surface area (Å²) in [6, 6.07) is 0. The van der Waals surface area contributed by atoms with Crippen LogP contribution in [0.2, 0.25) is 0 Å². The number of rotatable bonds is 3. The normalized spacial score (nSPS) is 40.4. The highest BCUT2D eigenvalue weighted by Crippen LogP contribution is 2.54. The summed E-state index contributed by atoms with van der Waals surface area (Å²) in [6.45, 7) is 1.25. The molecular formula is C15H26O2. The number of hydrogen-bond acceptors (Lipinski definition) is 2. The van der Waals surface area contributed by atoms with Gasteiger partial charge in [-0.2, -0.15) is 0 Å². The lowest BCUT2D eigenvalue weighted by molar-refractivity contribution is -0.0386. The molecule has 2 atom stereocenters. The Morgan fingerprint density at radius 3 is 2.29 bits per heavy atom. The first-order chi connectivity index (χ1) is 8.37. The lowest BCUT2D eigenvalue weighted by atomic mass is 9.66. The molecule has 0 amide bonds. The van der Waals surface area contributed by atoms with E-state index in [2.05, 4.69) is 0 Å². The molecule has 2 saturated carbocycles. The third-order valence-electron chi connectivity index (χ3n) is 5.44. The van der Waals surface area contributed by atoms with Gasteiger partial charge < -0.3 is 9.84 Å². The van der Waals surface area contributed by atoms with Crippen LogP contribution >= 0.6 is 0 Å². The smallest absolute Gasteiger partial charge is 0.0684 e. The largest absolute Gasteiger partial charge is 0.396 e. The molecular weight excluding hydrogens is 212 g/mol. The fourth-order valence-electron chi connectivity index (χ4n) is 4.28. The highest BCUT2D eigenvalue weighted by molar-refractivity contribution is 5.02. The Kier molecular flexibility index (Phi) is 3.45. The zero-order valence-corrected chi connectivity index (χ0v) is 10.9. The second-order valence-electron chi connectivity index (χ2n) is 6.46. The van der Waals surface area contributed by atoms with Crippen LogP contribution < -0.4 is 0 Å². The molecule has 1 N–H and O–H groups in total. The van der Waals surface area contributed by atoms with Gasteiger partial charge in [-0.05, 0) is 43.9 Å². The van der Waals surface area contributed by atoms with Crippen molar-refractivity contribution in [3.05, 3.63) is 0 Å². The van der Waals surface area contributed by atoms with Crippen molar-refractivity contribution in [2.45, 2.75) is 63.9 Å². The SMILES string of the molecule is OCC1(C2CCCCCC2)CCOC1C1CC1. The summed E-state index contributed by atoms with van der Waals surface area (Å²) in [5.74, 6) is 1.50. The lowest BCUT2D eigenvalue weighted by Crippen LogP contribution is -2.42. The Bertz CT molecular complexity index is 254. The van der Waals surface area contributed by atoms with E-state index in [4.69, 9.17) is 4.74 Å². The van der Waals surface area contributed by atoms with E-state index in [0.717, 1.165) is 24.9 Å². The third kappa shape index (κ3) is 2.15. The Labute approximate surface area is 105 Å². The van der Waals surface area contributed by atoms with Crippen LogP contribution in [0.15, 0.2) is 0 Å². The summed E-state index contributed by atoms with van der Waals surface area (Å²) in [7, 11) is 0. The second-order valence-corrected chi connectivity index (χ2v) is 6.46. The van der Waals surface area contributed by atoms with Crippen molar-refractivity contribution in [1.82, 2.24) is 0 Å². The molecule has 1 heterocycles. The van der Waals surface area contributed by atoms with Crippen molar-refractivity contribution in [1.29, 1.82) is 0 Å². The molecule has 2 unspecified atom stereocenters. The first-order valence-electron chi connectivity index (χ1n) is 7.59. The van der Waals surface area contributed by atoms with Crippen LogP contribution in [0.25, 0.3) is 0 Å². The van der Waals surface area contributed by atoms with Crippen LogP contribution in [0.1, 0.15) is 57.8 Å². The van der Waals surface area contributed by atoms with E-state index in [-0.39, 0.29) is 5.41 Å². The predicted octanol–water partition coefficient (Wildman–Crippen LogP) is 3.13. The molecule has 98 valence electrons. The molecule has 0 aromatic rings. The molecule has 17 heavy (non-hydrogen) atoms. The molecule has 3 fully saturated rings. The van der Waals surface area contributed by atoms with Crippen molar-refractivity contribution >= 4 is 0 Å². The molecule has 0 aromatic carbocycles. The second kappa shape index (κ2) is 4.89. The van der Waals surface area contributed by atoms with E-state index >= 15 is 0 Å². The van der Waals surface area contributed by atoms with Crippen LogP contribution in [0.3, 0.4) is 0 Å². The molecule has 3 rings (SSSR count). The zero-order chi connectivity index (χ0) is 11.7. The van der Waals surface area contributed by atoms with E-state index in [1.165, 1.54) is 51.4 Å². The molecule has 0 spiro atoms. The Hall–Kier alpha value is -0.0800. The van der Waals surface area contributed by atoms with Gasteiger partial charge in [0.2, 0.25) is 0 Å². The van der Waals surface area contributed by atoms with Gasteiger partial charge in [0.05, 0.1) is 12.7 Å². The maximum absolute atomic E-state index is 10.0. The molecule has 0 bridgehead atoms. The van der Waals surface area contributed by atoms with Gasteiger partial charge in [0.15, 0.2) is 0 Å². The molecule has 0 radical (unpaired) electrons. The standard InChI is InChI=1S/C15H26O2/c16-11-15(13-5-3-1-2-4-6-13)9-10-17-14(15)12-7-8-12/h12-14,16H,1-11H2. The number of hydrogen-bond donors (Lipinski definition) is 1. The van der Waals surface area contributed by atoms with E-state index < -0.39 is 0 Å². The monoisotopic (exact) mass is 238 g/mol. The van der Waals surface area contributed by atoms with Gasteiger partial charge in [-0.1, -0.05) is 25.7 Å². The van der Waals surface area contributed by atoms with Gasteiger partial charge in [-0.25, -0.2) is 0 Å². The molecule has 1 saturated heterocycles. The summed E-state index contributed by atoms with van der Waals surface area (Å²) in [4.78, 5) is 0. The number of aliphatic hydroxyl groups excluding tert-OH is 1. The van der Waals surface area contributed by atoms with Crippen LogP contribution in [0.5, 0.6) is 0 Å². The van der Waals surface area contributed by atoms with Gasteiger partial charge in [0, 0.05) is 12.0 Å². The quantitative estimate of drug-likeness (QED) is 0.765. The molecule has 1 aliphatic heterocycles. The molecule has 3 aliphatic rings. The minimum atomic E-state index is 0.130. The highest BCUT2D eigenvalue weighted by atomic mass is 16.5. The van der Waals surface area contributed by atoms with Gasteiger partial charge in [-0.15, -0.1) is 0 Å². The maximum Gasteiger partial charge on any atom is 0.0684 e. The Morgan fingerprint density at radius 1 is 1.00 bits per heavy atom. The molecule has 2 heteroatoms. The van der Waals surface area contributed by atoms with Gasteiger partial charge in [-0.3, -0.25) is 0 Å². The van der Waals surface area contributed by atoms with Crippen LogP contribution in [-0.4, -0.2) is 24.4 Å². The van der Waals surface area contributed by atoms with Gasteiger partial charge >= 0.3 is 0 Å². The van der Waals surface area contributed by atoms with E-state index in [1.54, 1.807) is 0 Å². The first kappa shape index (κ1) is 12.0. The Morgan fingerprint density at radius 2 is 1.71 bits per heavy atom. The third-order valence-corrected chi connectivity index (χ3v) is 5.44. The molecule has 0 aromatic heterocycles. The topological polar surface area (TPSA) is 29.5 Å². The summed E-state index contributed by atoms with van der Waals surface area (Å²) >= 11 is 0. The van der Waals surface area contributed by atoms with Crippen molar-refractivity contribution in [3.63, 3.8) is 0 Å². The van der Waals surface area contributed by atoms with Crippen LogP contribution in [0, 0.1) is 17.3 Å². The lowest BCUT2D eigenvalue weighted by Gasteiger charge is -2.40. The van der Waals surface area contributed by atoms with Crippen molar-refractivity contribution < 1.29 is 9.84 Å². The van der Waals surface area contributed by atoms with Crippen molar-refractivity contribution in [2.75, 3.05) is 13.2 Å². The van der Waals surface area contributed by atoms with Crippen molar-refractivity contribution in [3.8, 4) is 0 Å². The summed E-state index contributed by atoms with van der Waals surface area (Å²) in [6.07, 6.45) is 12.3. The fraction of sp³-hybridized carbons (Fsp3) is 1.00.